The number of rotatable bonds is 3. The number of halogens is 1. The van der Waals surface area contributed by atoms with Gasteiger partial charge in [0.05, 0.1) is 11.2 Å². The van der Waals surface area contributed by atoms with Crippen molar-refractivity contribution in [3.8, 4) is 11.3 Å². The zero-order valence-corrected chi connectivity index (χ0v) is 11.9. The Balaban J connectivity index is 2.21. The molecule has 0 aliphatic carbocycles. The van der Waals surface area contributed by atoms with Crippen LogP contribution in [0.1, 0.15) is 12.5 Å². The zero-order chi connectivity index (χ0) is 14.8. The van der Waals surface area contributed by atoms with Crippen LogP contribution in [0, 0.1) is 5.82 Å². The Kier molecular flexibility index (Phi) is 3.48. The van der Waals surface area contributed by atoms with Crippen molar-refractivity contribution >= 4 is 16.9 Å². The highest BCUT2D eigenvalue weighted by atomic mass is 19.1. The van der Waals surface area contributed by atoms with Crippen molar-refractivity contribution in [3.63, 3.8) is 0 Å². The van der Waals surface area contributed by atoms with E-state index >= 15 is 0 Å². The summed E-state index contributed by atoms with van der Waals surface area (Å²) < 4.78 is 14.3. The van der Waals surface area contributed by atoms with Gasteiger partial charge in [0, 0.05) is 25.0 Å². The number of nitrogens with one attached hydrogen (secondary N) is 1. The third-order valence-electron chi connectivity index (χ3n) is 3.41. The summed E-state index contributed by atoms with van der Waals surface area (Å²) in [5, 5.41) is 2.99. The van der Waals surface area contributed by atoms with Crippen LogP contribution in [0.2, 0.25) is 0 Å². The lowest BCUT2D eigenvalue weighted by Crippen LogP contribution is -1.99. The molecule has 0 radical (unpaired) electrons. The van der Waals surface area contributed by atoms with E-state index < -0.39 is 0 Å². The molecule has 0 saturated heterocycles. The van der Waals surface area contributed by atoms with Crippen LogP contribution in [0.5, 0.6) is 0 Å². The lowest BCUT2D eigenvalue weighted by atomic mass is 10.1. The van der Waals surface area contributed by atoms with Crippen molar-refractivity contribution in [2.75, 3.05) is 12.4 Å². The summed E-state index contributed by atoms with van der Waals surface area (Å²) in [4.78, 5) is 13.0. The molecule has 0 saturated carbocycles. The van der Waals surface area contributed by atoms with E-state index in [1.165, 1.54) is 0 Å². The van der Waals surface area contributed by atoms with E-state index in [0.717, 1.165) is 12.0 Å². The topological polar surface area (TPSA) is 50.7 Å². The lowest BCUT2D eigenvalue weighted by Gasteiger charge is -2.09. The zero-order valence-electron chi connectivity index (χ0n) is 11.9. The van der Waals surface area contributed by atoms with Crippen molar-refractivity contribution < 1.29 is 4.39 Å². The van der Waals surface area contributed by atoms with Crippen molar-refractivity contribution in [2.45, 2.75) is 13.3 Å². The Hall–Kier alpha value is -2.56. The first-order chi connectivity index (χ1) is 10.2. The Bertz CT molecular complexity index is 801. The largest absolute Gasteiger partial charge is 0.371 e. The number of pyridine rings is 1. The minimum absolute atomic E-state index is 0.271. The standard InChI is InChI=1S/C16H15FN4/c1-3-10-4-5-11(12(17)8-10)13-9-14-15(16(18-2)21-13)20-7-6-19-14/h4-9H,3H2,1-2H3,(H,18,21). The quantitative estimate of drug-likeness (QED) is 0.799. The predicted molar refractivity (Wildman–Crippen MR) is 81.7 cm³/mol. The molecule has 5 heteroatoms. The number of fused-ring (bicyclic) bond motifs is 1. The van der Waals surface area contributed by atoms with Crippen molar-refractivity contribution in [1.29, 1.82) is 0 Å². The molecule has 106 valence electrons. The van der Waals surface area contributed by atoms with Gasteiger partial charge < -0.3 is 5.32 Å². The number of hydrogen-bond donors (Lipinski definition) is 1. The maximum absolute atomic E-state index is 14.3. The summed E-state index contributed by atoms with van der Waals surface area (Å²) in [6, 6.07) is 6.99. The molecule has 1 N–H and O–H groups in total. The lowest BCUT2D eigenvalue weighted by molar-refractivity contribution is 0.628. The highest BCUT2D eigenvalue weighted by molar-refractivity contribution is 5.88. The summed E-state index contributed by atoms with van der Waals surface area (Å²) in [5.74, 6) is 0.321. The van der Waals surface area contributed by atoms with E-state index in [1.54, 1.807) is 37.6 Å². The van der Waals surface area contributed by atoms with E-state index in [0.29, 0.717) is 28.1 Å². The first kappa shape index (κ1) is 13.4. The highest BCUT2D eigenvalue weighted by Gasteiger charge is 2.12. The van der Waals surface area contributed by atoms with Crippen LogP contribution in [0.4, 0.5) is 10.2 Å². The van der Waals surface area contributed by atoms with Gasteiger partial charge in [0.1, 0.15) is 11.3 Å². The van der Waals surface area contributed by atoms with Gasteiger partial charge in [-0.25, -0.2) is 14.4 Å². The average Bonchev–Trinajstić information content (AvgIpc) is 2.53. The van der Waals surface area contributed by atoms with Crippen LogP contribution in [0.15, 0.2) is 36.7 Å². The van der Waals surface area contributed by atoms with Gasteiger partial charge in [0.25, 0.3) is 0 Å². The number of benzene rings is 1. The summed E-state index contributed by atoms with van der Waals surface area (Å²) in [7, 11) is 1.76. The summed E-state index contributed by atoms with van der Waals surface area (Å²) in [6.45, 7) is 2.00. The first-order valence-electron chi connectivity index (χ1n) is 6.81. The van der Waals surface area contributed by atoms with E-state index in [-0.39, 0.29) is 5.82 Å². The molecule has 3 aromatic rings. The number of nitrogens with zero attached hydrogens (tertiary/aromatic N) is 3. The van der Waals surface area contributed by atoms with Crippen LogP contribution in [0.25, 0.3) is 22.3 Å². The van der Waals surface area contributed by atoms with Crippen LogP contribution >= 0.6 is 0 Å². The summed E-state index contributed by atoms with van der Waals surface area (Å²) >= 11 is 0. The van der Waals surface area contributed by atoms with Crippen molar-refractivity contribution in [3.05, 3.63) is 48.0 Å². The van der Waals surface area contributed by atoms with Gasteiger partial charge in [0.2, 0.25) is 0 Å². The van der Waals surface area contributed by atoms with Crippen LogP contribution in [-0.2, 0) is 6.42 Å². The Labute approximate surface area is 122 Å². The molecule has 2 heterocycles. The maximum atomic E-state index is 14.3. The van der Waals surface area contributed by atoms with Gasteiger partial charge in [-0.15, -0.1) is 0 Å². The molecule has 0 fully saturated rings. The second kappa shape index (κ2) is 5.44. The monoisotopic (exact) mass is 282 g/mol. The fourth-order valence-corrected chi connectivity index (χ4v) is 2.27. The number of aromatic nitrogens is 3. The summed E-state index contributed by atoms with van der Waals surface area (Å²) in [5.41, 5.74) is 3.34. The molecule has 1 aromatic carbocycles. The molecule has 0 bridgehead atoms. The second-order valence-electron chi connectivity index (χ2n) is 4.70. The van der Waals surface area contributed by atoms with Crippen molar-refractivity contribution in [1.82, 2.24) is 15.0 Å². The predicted octanol–water partition coefficient (Wildman–Crippen LogP) is 3.44. The Morgan fingerprint density at radius 3 is 2.67 bits per heavy atom. The molecule has 0 aliphatic rings. The van der Waals surface area contributed by atoms with Crippen LogP contribution in [-0.4, -0.2) is 22.0 Å². The van der Waals surface area contributed by atoms with E-state index in [1.807, 2.05) is 13.0 Å². The Morgan fingerprint density at radius 2 is 1.95 bits per heavy atom. The maximum Gasteiger partial charge on any atom is 0.154 e. The molecular formula is C16H15FN4. The second-order valence-corrected chi connectivity index (χ2v) is 4.70. The molecular weight excluding hydrogens is 267 g/mol. The van der Waals surface area contributed by atoms with Crippen molar-refractivity contribution in [2.24, 2.45) is 0 Å². The van der Waals surface area contributed by atoms with Gasteiger partial charge in [-0.05, 0) is 30.2 Å². The Morgan fingerprint density at radius 1 is 1.14 bits per heavy atom. The molecule has 3 rings (SSSR count). The smallest absolute Gasteiger partial charge is 0.154 e. The van der Waals surface area contributed by atoms with E-state index in [9.17, 15) is 4.39 Å². The third-order valence-corrected chi connectivity index (χ3v) is 3.41. The number of anilines is 1. The molecule has 0 spiro atoms. The van der Waals surface area contributed by atoms with Gasteiger partial charge in [-0.2, -0.15) is 0 Å². The first-order valence-corrected chi connectivity index (χ1v) is 6.81. The molecule has 0 unspecified atom stereocenters. The molecule has 0 atom stereocenters. The normalized spacial score (nSPS) is 10.8. The molecule has 4 nitrogen and oxygen atoms in total. The van der Waals surface area contributed by atoms with E-state index in [4.69, 9.17) is 0 Å². The van der Waals surface area contributed by atoms with Gasteiger partial charge in [0.15, 0.2) is 5.82 Å². The number of aryl methyl sites for hydroxylation is 1. The molecule has 0 amide bonds. The summed E-state index contributed by atoms with van der Waals surface area (Å²) in [6.07, 6.45) is 4.03. The van der Waals surface area contributed by atoms with Crippen LogP contribution in [0.3, 0.4) is 0 Å². The van der Waals surface area contributed by atoms with Gasteiger partial charge in [-0.3, -0.25) is 4.98 Å². The third kappa shape index (κ3) is 2.42. The fourth-order valence-electron chi connectivity index (χ4n) is 2.27. The van der Waals surface area contributed by atoms with Gasteiger partial charge >= 0.3 is 0 Å². The van der Waals surface area contributed by atoms with E-state index in [2.05, 4.69) is 20.3 Å². The molecule has 21 heavy (non-hydrogen) atoms. The minimum atomic E-state index is -0.271. The molecule has 0 aliphatic heterocycles. The fraction of sp³-hybridized carbons (Fsp3) is 0.188. The molecule has 2 aromatic heterocycles. The minimum Gasteiger partial charge on any atom is -0.371 e. The average molecular weight is 282 g/mol. The number of hydrogen-bond acceptors (Lipinski definition) is 4. The van der Waals surface area contributed by atoms with Crippen LogP contribution < -0.4 is 5.32 Å². The highest BCUT2D eigenvalue weighted by Crippen LogP contribution is 2.27. The van der Waals surface area contributed by atoms with Gasteiger partial charge in [-0.1, -0.05) is 13.0 Å². The SMILES string of the molecule is CCc1ccc(-c2cc3nccnc3c(NC)n2)c(F)c1.